The molecular formula is C22H25N3O3S. The van der Waals surface area contributed by atoms with Crippen LogP contribution >= 0.6 is 0 Å². The molecule has 3 rings (SSSR count). The maximum Gasteiger partial charge on any atom is 0.252 e. The molecule has 1 heterocycles. The molecule has 7 heteroatoms. The summed E-state index contributed by atoms with van der Waals surface area (Å²) in [5.41, 5.74) is 1.91. The number of hydrogen-bond donors (Lipinski definition) is 2. The highest BCUT2D eigenvalue weighted by molar-refractivity contribution is 7.89. The second-order valence-electron chi connectivity index (χ2n) is 7.97. The number of aryl methyl sites for hydroxylation is 1. The highest BCUT2D eigenvalue weighted by Crippen LogP contribution is 2.20. The zero-order chi connectivity index (χ0) is 21.2. The number of pyridine rings is 1. The minimum atomic E-state index is -3.71. The lowest BCUT2D eigenvalue weighted by Crippen LogP contribution is -2.41. The van der Waals surface area contributed by atoms with Gasteiger partial charge < -0.3 is 5.32 Å². The van der Waals surface area contributed by atoms with Crippen molar-refractivity contribution in [2.45, 2.75) is 44.7 Å². The van der Waals surface area contributed by atoms with Crippen LogP contribution < -0.4 is 10.0 Å². The maximum absolute atomic E-state index is 12.9. The first-order chi connectivity index (χ1) is 13.6. The van der Waals surface area contributed by atoms with Crippen molar-refractivity contribution >= 4 is 26.8 Å². The Labute approximate surface area is 171 Å². The number of aromatic nitrogens is 1. The Bertz CT molecular complexity index is 1170. The van der Waals surface area contributed by atoms with E-state index in [1.807, 2.05) is 31.2 Å². The van der Waals surface area contributed by atoms with Crippen molar-refractivity contribution in [3.63, 3.8) is 0 Å². The van der Waals surface area contributed by atoms with Crippen molar-refractivity contribution in [1.29, 1.82) is 0 Å². The minimum Gasteiger partial charge on any atom is -0.348 e. The predicted octanol–water partition coefficient (Wildman–Crippen LogP) is 3.55. The summed E-state index contributed by atoms with van der Waals surface area (Å²) in [6, 6.07) is 15.8. The molecule has 0 aliphatic heterocycles. The second kappa shape index (κ2) is 7.93. The SMILES string of the molecule is Cc1cc(C(=O)NCc2ccccc2S(=O)(=O)NC(C)(C)C)c2ccccc2n1. The molecular weight excluding hydrogens is 386 g/mol. The fourth-order valence-electron chi connectivity index (χ4n) is 3.14. The molecule has 1 aromatic heterocycles. The van der Waals surface area contributed by atoms with Gasteiger partial charge in [0, 0.05) is 23.2 Å². The van der Waals surface area contributed by atoms with E-state index >= 15 is 0 Å². The van der Waals surface area contributed by atoms with Crippen molar-refractivity contribution < 1.29 is 13.2 Å². The zero-order valence-corrected chi connectivity index (χ0v) is 17.8. The summed E-state index contributed by atoms with van der Waals surface area (Å²) in [5.74, 6) is -0.275. The number of hydrogen-bond acceptors (Lipinski definition) is 4. The van der Waals surface area contributed by atoms with Gasteiger partial charge in [0.1, 0.15) is 0 Å². The third kappa shape index (κ3) is 4.99. The lowest BCUT2D eigenvalue weighted by atomic mass is 10.1. The van der Waals surface area contributed by atoms with E-state index in [1.54, 1.807) is 51.1 Å². The Morgan fingerprint density at radius 2 is 1.69 bits per heavy atom. The third-order valence-electron chi connectivity index (χ3n) is 4.23. The first-order valence-electron chi connectivity index (χ1n) is 9.33. The molecule has 0 aliphatic rings. The molecule has 0 saturated carbocycles. The number of benzene rings is 2. The van der Waals surface area contributed by atoms with Gasteiger partial charge in [0.2, 0.25) is 10.0 Å². The molecule has 0 fully saturated rings. The molecule has 29 heavy (non-hydrogen) atoms. The van der Waals surface area contributed by atoms with Crippen LogP contribution in [0, 0.1) is 6.92 Å². The van der Waals surface area contributed by atoms with Crippen LogP contribution in [0.15, 0.2) is 59.5 Å². The van der Waals surface area contributed by atoms with Crippen molar-refractivity contribution in [1.82, 2.24) is 15.0 Å². The quantitative estimate of drug-likeness (QED) is 0.672. The Hall–Kier alpha value is -2.77. The van der Waals surface area contributed by atoms with Gasteiger partial charge in [-0.25, -0.2) is 13.1 Å². The summed E-state index contributed by atoms with van der Waals surface area (Å²) in [4.78, 5) is 17.5. The van der Waals surface area contributed by atoms with Gasteiger partial charge in [-0.15, -0.1) is 0 Å². The molecule has 3 aromatic rings. The van der Waals surface area contributed by atoms with Gasteiger partial charge in [0.05, 0.1) is 16.0 Å². The second-order valence-corrected chi connectivity index (χ2v) is 9.63. The summed E-state index contributed by atoms with van der Waals surface area (Å²) >= 11 is 0. The fraction of sp³-hybridized carbons (Fsp3) is 0.273. The van der Waals surface area contributed by atoms with E-state index < -0.39 is 15.6 Å². The zero-order valence-electron chi connectivity index (χ0n) is 17.0. The monoisotopic (exact) mass is 411 g/mol. The lowest BCUT2D eigenvalue weighted by Gasteiger charge is -2.21. The third-order valence-corrected chi connectivity index (χ3v) is 6.09. The molecule has 2 N–H and O–H groups in total. The molecule has 0 spiro atoms. The lowest BCUT2D eigenvalue weighted by molar-refractivity contribution is 0.0952. The summed E-state index contributed by atoms with van der Waals surface area (Å²) in [5, 5.41) is 3.61. The standard InChI is InChI=1S/C22H25N3O3S/c1-15-13-18(17-10-6-7-11-19(17)24-15)21(26)23-14-16-9-5-8-12-20(16)29(27,28)25-22(2,3)4/h5-13,25H,14H2,1-4H3,(H,23,26). The van der Waals surface area contributed by atoms with E-state index in [0.717, 1.165) is 16.6 Å². The van der Waals surface area contributed by atoms with Crippen LogP contribution in [0.4, 0.5) is 0 Å². The van der Waals surface area contributed by atoms with Gasteiger partial charge in [-0.05, 0) is 51.5 Å². The van der Waals surface area contributed by atoms with Gasteiger partial charge in [0.15, 0.2) is 0 Å². The summed E-state index contributed by atoms with van der Waals surface area (Å²) in [7, 11) is -3.71. The number of carbonyl (C=O) groups is 1. The molecule has 0 unspecified atom stereocenters. The fourth-order valence-corrected chi connectivity index (χ4v) is 4.80. The Morgan fingerprint density at radius 1 is 1.03 bits per heavy atom. The van der Waals surface area contributed by atoms with Crippen molar-refractivity contribution in [3.8, 4) is 0 Å². The minimum absolute atomic E-state index is 0.0930. The first kappa shape index (κ1) is 21.0. The summed E-state index contributed by atoms with van der Waals surface area (Å²) in [6.07, 6.45) is 0. The van der Waals surface area contributed by atoms with Gasteiger partial charge in [0.25, 0.3) is 5.91 Å². The number of para-hydroxylation sites is 1. The molecule has 0 atom stereocenters. The number of sulfonamides is 1. The smallest absolute Gasteiger partial charge is 0.252 e. The first-order valence-corrected chi connectivity index (χ1v) is 10.8. The van der Waals surface area contributed by atoms with Gasteiger partial charge in [-0.1, -0.05) is 36.4 Å². The van der Waals surface area contributed by atoms with E-state index in [2.05, 4.69) is 15.0 Å². The number of rotatable bonds is 5. The van der Waals surface area contributed by atoms with E-state index in [4.69, 9.17) is 0 Å². The highest BCUT2D eigenvalue weighted by atomic mass is 32.2. The van der Waals surface area contributed by atoms with Crippen LogP contribution in [0.5, 0.6) is 0 Å². The van der Waals surface area contributed by atoms with Gasteiger partial charge in [-0.3, -0.25) is 9.78 Å². The van der Waals surface area contributed by atoms with Gasteiger partial charge >= 0.3 is 0 Å². The Morgan fingerprint density at radius 3 is 2.41 bits per heavy atom. The number of nitrogens with one attached hydrogen (secondary N) is 2. The highest BCUT2D eigenvalue weighted by Gasteiger charge is 2.24. The maximum atomic E-state index is 12.9. The molecule has 6 nitrogen and oxygen atoms in total. The largest absolute Gasteiger partial charge is 0.348 e. The van der Waals surface area contributed by atoms with Crippen molar-refractivity contribution in [2.75, 3.05) is 0 Å². The Kier molecular flexibility index (Phi) is 5.73. The van der Waals surface area contributed by atoms with E-state index in [-0.39, 0.29) is 17.3 Å². The number of amides is 1. The average Bonchev–Trinajstić information content (AvgIpc) is 2.63. The van der Waals surface area contributed by atoms with Crippen LogP contribution in [-0.4, -0.2) is 24.8 Å². The molecule has 0 aliphatic carbocycles. The topological polar surface area (TPSA) is 88.2 Å². The van der Waals surface area contributed by atoms with E-state index in [9.17, 15) is 13.2 Å². The molecule has 0 radical (unpaired) electrons. The van der Waals surface area contributed by atoms with Crippen LogP contribution in [0.1, 0.15) is 42.4 Å². The average molecular weight is 412 g/mol. The molecule has 1 amide bonds. The predicted molar refractivity (Wildman–Crippen MR) is 114 cm³/mol. The summed E-state index contributed by atoms with van der Waals surface area (Å²) < 4.78 is 28.2. The molecule has 2 aromatic carbocycles. The summed E-state index contributed by atoms with van der Waals surface area (Å²) in [6.45, 7) is 7.28. The number of carbonyl (C=O) groups excluding carboxylic acids is 1. The molecule has 0 saturated heterocycles. The van der Waals surface area contributed by atoms with E-state index in [1.165, 1.54) is 0 Å². The number of nitrogens with zero attached hydrogens (tertiary/aromatic N) is 1. The van der Waals surface area contributed by atoms with Crippen LogP contribution in [-0.2, 0) is 16.6 Å². The molecule has 152 valence electrons. The van der Waals surface area contributed by atoms with Crippen molar-refractivity contribution in [2.24, 2.45) is 0 Å². The Balaban J connectivity index is 1.88. The van der Waals surface area contributed by atoms with Crippen LogP contribution in [0.25, 0.3) is 10.9 Å². The van der Waals surface area contributed by atoms with Gasteiger partial charge in [-0.2, -0.15) is 0 Å². The van der Waals surface area contributed by atoms with E-state index in [0.29, 0.717) is 11.1 Å². The number of fused-ring (bicyclic) bond motifs is 1. The van der Waals surface area contributed by atoms with Crippen LogP contribution in [0.2, 0.25) is 0 Å². The van der Waals surface area contributed by atoms with Crippen LogP contribution in [0.3, 0.4) is 0 Å². The van der Waals surface area contributed by atoms with Crippen molar-refractivity contribution in [3.05, 3.63) is 71.4 Å². The molecule has 0 bridgehead atoms. The normalized spacial score (nSPS) is 12.1.